The van der Waals surface area contributed by atoms with E-state index in [-0.39, 0.29) is 5.91 Å². The highest BCUT2D eigenvalue weighted by molar-refractivity contribution is 5.82. The van der Waals surface area contributed by atoms with Gasteiger partial charge in [0.1, 0.15) is 0 Å². The highest BCUT2D eigenvalue weighted by Crippen LogP contribution is 2.05. The molecule has 0 radical (unpaired) electrons. The Balaban J connectivity index is 2.55. The van der Waals surface area contributed by atoms with Crippen LogP contribution in [-0.2, 0) is 20.7 Å². The van der Waals surface area contributed by atoms with Crippen molar-refractivity contribution in [3.63, 3.8) is 0 Å². The second-order valence-electron chi connectivity index (χ2n) is 4.96. The molecule has 0 aliphatic heterocycles. The van der Waals surface area contributed by atoms with Gasteiger partial charge in [0.25, 0.3) is 0 Å². The number of benzene rings is 1. The second-order valence-corrected chi connectivity index (χ2v) is 4.96. The Hall–Kier alpha value is -1.43. The predicted molar refractivity (Wildman–Crippen MR) is 83.1 cm³/mol. The average Bonchev–Trinajstić information content (AvgIpc) is 2.51. The van der Waals surface area contributed by atoms with Crippen LogP contribution in [0.4, 0.5) is 0 Å². The van der Waals surface area contributed by atoms with E-state index in [4.69, 9.17) is 15.2 Å². The summed E-state index contributed by atoms with van der Waals surface area (Å²) in [6, 6.07) is 9.30. The molecule has 21 heavy (non-hydrogen) atoms. The van der Waals surface area contributed by atoms with Crippen molar-refractivity contribution in [3.8, 4) is 0 Å². The monoisotopic (exact) mass is 294 g/mol. The van der Waals surface area contributed by atoms with Gasteiger partial charge < -0.3 is 20.1 Å². The fourth-order valence-corrected chi connectivity index (χ4v) is 2.12. The summed E-state index contributed by atoms with van der Waals surface area (Å²) in [7, 11) is 3.28. The zero-order valence-electron chi connectivity index (χ0n) is 13.0. The molecular weight excluding hydrogens is 268 g/mol. The average molecular weight is 294 g/mol. The van der Waals surface area contributed by atoms with Crippen LogP contribution in [0.1, 0.15) is 12.0 Å². The van der Waals surface area contributed by atoms with Gasteiger partial charge in [0.2, 0.25) is 5.91 Å². The van der Waals surface area contributed by atoms with Gasteiger partial charge in [-0.3, -0.25) is 4.79 Å². The molecule has 5 heteroatoms. The van der Waals surface area contributed by atoms with Crippen molar-refractivity contribution < 1.29 is 14.3 Å². The highest BCUT2D eigenvalue weighted by atomic mass is 16.5. The molecule has 1 rings (SSSR count). The van der Waals surface area contributed by atoms with Crippen LogP contribution in [-0.4, -0.2) is 57.4 Å². The first-order valence-corrected chi connectivity index (χ1v) is 7.25. The lowest BCUT2D eigenvalue weighted by atomic mass is 10.1. The fourth-order valence-electron chi connectivity index (χ4n) is 2.12. The van der Waals surface area contributed by atoms with E-state index in [2.05, 4.69) is 0 Å². The molecule has 0 heterocycles. The second kappa shape index (κ2) is 10.3. The molecule has 0 fully saturated rings. The van der Waals surface area contributed by atoms with Crippen LogP contribution >= 0.6 is 0 Å². The lowest BCUT2D eigenvalue weighted by Gasteiger charge is -2.25. The van der Waals surface area contributed by atoms with E-state index in [0.29, 0.717) is 32.7 Å². The van der Waals surface area contributed by atoms with Crippen LogP contribution in [0.3, 0.4) is 0 Å². The molecule has 0 aliphatic rings. The van der Waals surface area contributed by atoms with Crippen molar-refractivity contribution in [1.82, 2.24) is 4.90 Å². The van der Waals surface area contributed by atoms with Crippen molar-refractivity contribution in [1.29, 1.82) is 0 Å². The molecule has 0 saturated heterocycles. The maximum Gasteiger partial charge on any atom is 0.239 e. The molecule has 0 saturated carbocycles. The van der Waals surface area contributed by atoms with Gasteiger partial charge in [0.05, 0.1) is 12.6 Å². The zero-order valence-corrected chi connectivity index (χ0v) is 13.0. The molecule has 0 aromatic heterocycles. The van der Waals surface area contributed by atoms with Gasteiger partial charge in [0.15, 0.2) is 0 Å². The van der Waals surface area contributed by atoms with E-state index in [1.54, 1.807) is 19.1 Å². The standard InChI is InChI=1S/C16H26N2O3/c1-20-11-6-9-18(10-12-21-2)16(19)15(17)13-14-7-4-3-5-8-14/h3-5,7-8,15H,6,9-13,17H2,1-2H3/t15-/m1/s1. The van der Waals surface area contributed by atoms with E-state index >= 15 is 0 Å². The van der Waals surface area contributed by atoms with Crippen LogP contribution in [0.25, 0.3) is 0 Å². The van der Waals surface area contributed by atoms with Gasteiger partial charge in [-0.05, 0) is 18.4 Å². The Morgan fingerprint density at radius 2 is 1.81 bits per heavy atom. The van der Waals surface area contributed by atoms with Crippen LogP contribution < -0.4 is 5.73 Å². The molecule has 2 N–H and O–H groups in total. The Bertz CT molecular complexity index is 398. The van der Waals surface area contributed by atoms with Gasteiger partial charge in [0, 0.05) is 33.9 Å². The van der Waals surface area contributed by atoms with Crippen molar-refractivity contribution >= 4 is 5.91 Å². The number of carbonyl (C=O) groups is 1. The first-order valence-electron chi connectivity index (χ1n) is 7.25. The number of rotatable bonds is 10. The molecule has 0 aliphatic carbocycles. The van der Waals surface area contributed by atoms with Gasteiger partial charge in [-0.2, -0.15) is 0 Å². The first-order chi connectivity index (χ1) is 10.2. The summed E-state index contributed by atoms with van der Waals surface area (Å²) in [6.07, 6.45) is 1.34. The number of nitrogens with two attached hydrogens (primary N) is 1. The third kappa shape index (κ3) is 6.71. The predicted octanol–water partition coefficient (Wildman–Crippen LogP) is 1.07. The number of ether oxygens (including phenoxy) is 2. The van der Waals surface area contributed by atoms with E-state index in [0.717, 1.165) is 12.0 Å². The number of hydrogen-bond acceptors (Lipinski definition) is 4. The molecule has 0 unspecified atom stereocenters. The minimum atomic E-state index is -0.521. The molecule has 0 spiro atoms. The minimum Gasteiger partial charge on any atom is -0.385 e. The SMILES string of the molecule is COCCCN(CCOC)C(=O)[C@H](N)Cc1ccccc1. The summed E-state index contributed by atoms with van der Waals surface area (Å²) < 4.78 is 10.1. The lowest BCUT2D eigenvalue weighted by Crippen LogP contribution is -2.46. The zero-order chi connectivity index (χ0) is 15.5. The summed E-state index contributed by atoms with van der Waals surface area (Å²) in [6.45, 7) is 2.33. The van der Waals surface area contributed by atoms with Crippen LogP contribution in [0.2, 0.25) is 0 Å². The Morgan fingerprint density at radius 3 is 2.43 bits per heavy atom. The number of methoxy groups -OCH3 is 2. The van der Waals surface area contributed by atoms with Crippen molar-refractivity contribution in [3.05, 3.63) is 35.9 Å². The fraction of sp³-hybridized carbons (Fsp3) is 0.562. The van der Waals surface area contributed by atoms with E-state index in [1.807, 2.05) is 30.3 Å². The molecule has 0 bridgehead atoms. The number of amides is 1. The van der Waals surface area contributed by atoms with Gasteiger partial charge in [-0.25, -0.2) is 0 Å². The van der Waals surface area contributed by atoms with Crippen molar-refractivity contribution in [2.75, 3.05) is 40.5 Å². The quantitative estimate of drug-likeness (QED) is 0.656. The highest BCUT2D eigenvalue weighted by Gasteiger charge is 2.20. The van der Waals surface area contributed by atoms with Crippen LogP contribution in [0.5, 0.6) is 0 Å². The first kappa shape index (κ1) is 17.6. The minimum absolute atomic E-state index is 0.0352. The Kier molecular flexibility index (Phi) is 8.66. The van der Waals surface area contributed by atoms with E-state index < -0.39 is 6.04 Å². The molecule has 1 aromatic carbocycles. The van der Waals surface area contributed by atoms with Gasteiger partial charge in [-0.1, -0.05) is 30.3 Å². The van der Waals surface area contributed by atoms with E-state index in [1.165, 1.54) is 0 Å². The summed E-state index contributed by atoms with van der Waals surface area (Å²) in [5, 5.41) is 0. The molecule has 5 nitrogen and oxygen atoms in total. The van der Waals surface area contributed by atoms with E-state index in [9.17, 15) is 4.79 Å². The maximum absolute atomic E-state index is 12.5. The topological polar surface area (TPSA) is 64.8 Å². The molecule has 1 aromatic rings. The van der Waals surface area contributed by atoms with Crippen LogP contribution in [0.15, 0.2) is 30.3 Å². The number of carbonyl (C=O) groups excluding carboxylic acids is 1. The molecule has 118 valence electrons. The third-order valence-electron chi connectivity index (χ3n) is 3.27. The van der Waals surface area contributed by atoms with Crippen LogP contribution in [0, 0.1) is 0 Å². The van der Waals surface area contributed by atoms with Crippen molar-refractivity contribution in [2.45, 2.75) is 18.9 Å². The summed E-state index contributed by atoms with van der Waals surface area (Å²) in [5.74, 6) is -0.0352. The number of nitrogens with zero attached hydrogens (tertiary/aromatic N) is 1. The van der Waals surface area contributed by atoms with Gasteiger partial charge >= 0.3 is 0 Å². The summed E-state index contributed by atoms with van der Waals surface area (Å²) in [4.78, 5) is 14.2. The Morgan fingerprint density at radius 1 is 1.14 bits per heavy atom. The normalized spacial score (nSPS) is 12.1. The smallest absolute Gasteiger partial charge is 0.239 e. The van der Waals surface area contributed by atoms with Gasteiger partial charge in [-0.15, -0.1) is 0 Å². The lowest BCUT2D eigenvalue weighted by molar-refractivity contribution is -0.133. The largest absolute Gasteiger partial charge is 0.385 e. The molecule has 1 amide bonds. The Labute approximate surface area is 127 Å². The summed E-state index contributed by atoms with van der Waals surface area (Å²) in [5.41, 5.74) is 7.13. The molecule has 1 atom stereocenters. The van der Waals surface area contributed by atoms with Crippen molar-refractivity contribution in [2.24, 2.45) is 5.73 Å². The number of hydrogen-bond donors (Lipinski definition) is 1. The molecular formula is C16H26N2O3. The third-order valence-corrected chi connectivity index (χ3v) is 3.27. The maximum atomic E-state index is 12.5. The summed E-state index contributed by atoms with van der Waals surface area (Å²) >= 11 is 0.